The molecule has 0 spiro atoms. The molecule has 0 bridgehead atoms. The van der Waals surface area contributed by atoms with Gasteiger partial charge >= 0.3 is 12.1 Å². The van der Waals surface area contributed by atoms with Crippen LogP contribution in [0.1, 0.15) is 56.2 Å². The van der Waals surface area contributed by atoms with Gasteiger partial charge in [0.25, 0.3) is 0 Å². The minimum atomic E-state index is -4.39. The summed E-state index contributed by atoms with van der Waals surface area (Å²) in [5, 5.41) is 9.31. The standard InChI is InChI=1S/C25H32F3NO3/c1-16(2)17(3)24(20-9-12-32-13-10-20)29-11-8-18(15-23(30)31)14-22(29)19-4-6-21(7-5-19)25(26,27)28/h4-7,18,20,22,24H,1,3,8-15H2,2H3,(H,30,31)/t18-,22+,24-/m1/s1. The summed E-state index contributed by atoms with van der Waals surface area (Å²) >= 11 is 0. The van der Waals surface area contributed by atoms with Gasteiger partial charge in [0.15, 0.2) is 0 Å². The van der Waals surface area contributed by atoms with Crippen molar-refractivity contribution < 1.29 is 27.8 Å². The van der Waals surface area contributed by atoms with Crippen LogP contribution in [0.15, 0.2) is 48.6 Å². The first kappa shape index (κ1) is 24.5. The maximum Gasteiger partial charge on any atom is 0.416 e. The Bertz CT molecular complexity index is 828. The molecular weight excluding hydrogens is 419 g/mol. The fourth-order valence-electron chi connectivity index (χ4n) is 5.08. The number of benzene rings is 1. The van der Waals surface area contributed by atoms with Crippen LogP contribution < -0.4 is 0 Å². The van der Waals surface area contributed by atoms with E-state index in [1.54, 1.807) is 0 Å². The van der Waals surface area contributed by atoms with Gasteiger partial charge in [-0.1, -0.05) is 30.9 Å². The monoisotopic (exact) mass is 451 g/mol. The van der Waals surface area contributed by atoms with Crippen molar-refractivity contribution in [1.82, 2.24) is 4.90 Å². The number of halogens is 3. The number of carboxylic acids is 1. The van der Waals surface area contributed by atoms with Crippen molar-refractivity contribution in [2.75, 3.05) is 19.8 Å². The molecule has 0 aliphatic carbocycles. The van der Waals surface area contributed by atoms with E-state index in [2.05, 4.69) is 18.1 Å². The fourth-order valence-corrected chi connectivity index (χ4v) is 5.08. The third kappa shape index (κ3) is 5.81. The highest BCUT2D eigenvalue weighted by atomic mass is 19.4. The molecule has 1 aromatic rings. The Balaban J connectivity index is 1.96. The molecule has 2 aliphatic rings. The summed E-state index contributed by atoms with van der Waals surface area (Å²) in [5.74, 6) is -0.563. The molecule has 0 amide bonds. The average Bonchev–Trinajstić information content (AvgIpc) is 2.74. The molecule has 2 saturated heterocycles. The van der Waals surface area contributed by atoms with Crippen LogP contribution in [-0.4, -0.2) is 41.8 Å². The number of alkyl halides is 3. The molecule has 2 fully saturated rings. The second-order valence-electron chi connectivity index (χ2n) is 9.06. The highest BCUT2D eigenvalue weighted by molar-refractivity contribution is 5.67. The maximum atomic E-state index is 13.1. The van der Waals surface area contributed by atoms with Gasteiger partial charge in [-0.15, -0.1) is 0 Å². The van der Waals surface area contributed by atoms with Gasteiger partial charge < -0.3 is 9.84 Å². The van der Waals surface area contributed by atoms with Gasteiger partial charge in [-0.05, 0) is 74.3 Å². The van der Waals surface area contributed by atoms with Crippen LogP contribution in [-0.2, 0) is 15.7 Å². The summed E-state index contributed by atoms with van der Waals surface area (Å²) in [6, 6.07) is 5.12. The van der Waals surface area contributed by atoms with Crippen LogP contribution in [0.4, 0.5) is 13.2 Å². The number of piperidine rings is 1. The van der Waals surface area contributed by atoms with Gasteiger partial charge in [-0.2, -0.15) is 13.2 Å². The van der Waals surface area contributed by atoms with Gasteiger partial charge in [0.1, 0.15) is 0 Å². The highest BCUT2D eigenvalue weighted by Crippen LogP contribution is 2.42. The number of ether oxygens (including phenoxy) is 1. The molecule has 0 saturated carbocycles. The molecule has 3 atom stereocenters. The predicted molar refractivity (Wildman–Crippen MR) is 117 cm³/mol. The molecule has 0 radical (unpaired) electrons. The van der Waals surface area contributed by atoms with Crippen LogP contribution in [0.25, 0.3) is 0 Å². The maximum absolute atomic E-state index is 13.1. The molecule has 0 unspecified atom stereocenters. The molecule has 7 heteroatoms. The average molecular weight is 452 g/mol. The Labute approximate surface area is 187 Å². The van der Waals surface area contributed by atoms with Gasteiger partial charge in [0.05, 0.1) is 5.56 Å². The second kappa shape index (κ2) is 10.2. The summed E-state index contributed by atoms with van der Waals surface area (Å²) in [4.78, 5) is 13.7. The quantitative estimate of drug-likeness (QED) is 0.528. The number of rotatable bonds is 7. The van der Waals surface area contributed by atoms with E-state index in [-0.39, 0.29) is 24.4 Å². The highest BCUT2D eigenvalue weighted by Gasteiger charge is 2.40. The summed E-state index contributed by atoms with van der Waals surface area (Å²) in [7, 11) is 0. The zero-order chi connectivity index (χ0) is 23.5. The number of hydrogen-bond acceptors (Lipinski definition) is 3. The zero-order valence-corrected chi connectivity index (χ0v) is 18.5. The van der Waals surface area contributed by atoms with Crippen molar-refractivity contribution >= 4 is 5.97 Å². The topological polar surface area (TPSA) is 49.8 Å². The first-order valence-electron chi connectivity index (χ1n) is 11.1. The third-order valence-electron chi connectivity index (χ3n) is 6.81. The third-order valence-corrected chi connectivity index (χ3v) is 6.81. The number of nitrogens with zero attached hydrogens (tertiary/aromatic N) is 1. The number of hydrogen-bond donors (Lipinski definition) is 1. The van der Waals surface area contributed by atoms with E-state index in [9.17, 15) is 23.1 Å². The van der Waals surface area contributed by atoms with Gasteiger partial charge in [-0.3, -0.25) is 9.69 Å². The lowest BCUT2D eigenvalue weighted by Gasteiger charge is -2.48. The molecule has 32 heavy (non-hydrogen) atoms. The van der Waals surface area contributed by atoms with E-state index in [1.807, 2.05) is 6.92 Å². The number of aliphatic carboxylic acids is 1. The lowest BCUT2D eigenvalue weighted by Crippen LogP contribution is -2.49. The predicted octanol–water partition coefficient (Wildman–Crippen LogP) is 5.86. The number of carboxylic acid groups (broad SMARTS) is 1. The van der Waals surface area contributed by atoms with Gasteiger partial charge in [-0.25, -0.2) is 0 Å². The first-order valence-corrected chi connectivity index (χ1v) is 11.1. The van der Waals surface area contributed by atoms with E-state index < -0.39 is 17.7 Å². The summed E-state index contributed by atoms with van der Waals surface area (Å²) < 4.78 is 44.9. The molecule has 2 heterocycles. The molecule has 3 rings (SSSR count). The van der Waals surface area contributed by atoms with E-state index >= 15 is 0 Å². The smallest absolute Gasteiger partial charge is 0.416 e. The zero-order valence-electron chi connectivity index (χ0n) is 18.5. The lowest BCUT2D eigenvalue weighted by atomic mass is 9.78. The van der Waals surface area contributed by atoms with Crippen molar-refractivity contribution in [3.05, 3.63) is 59.7 Å². The SMILES string of the molecule is C=C(C)C(=C)[C@H](C1CCOCC1)N1CC[C@@H](CC(=O)O)C[C@H]1c1ccc(C(F)(F)F)cc1. The summed E-state index contributed by atoms with van der Waals surface area (Å²) in [6.45, 7) is 12.4. The second-order valence-corrected chi connectivity index (χ2v) is 9.06. The molecule has 4 nitrogen and oxygen atoms in total. The van der Waals surface area contributed by atoms with Crippen molar-refractivity contribution in [2.45, 2.75) is 57.3 Å². The number of carbonyl (C=O) groups is 1. The Hall–Kier alpha value is -2.12. The molecule has 1 N–H and O–H groups in total. The normalized spacial score (nSPS) is 24.1. The van der Waals surface area contributed by atoms with Crippen LogP contribution in [0, 0.1) is 11.8 Å². The fraction of sp³-hybridized carbons (Fsp3) is 0.560. The Morgan fingerprint density at radius 3 is 2.34 bits per heavy atom. The minimum Gasteiger partial charge on any atom is -0.481 e. The van der Waals surface area contributed by atoms with E-state index in [4.69, 9.17) is 4.74 Å². The van der Waals surface area contributed by atoms with E-state index in [0.29, 0.717) is 32.1 Å². The van der Waals surface area contributed by atoms with Crippen LogP contribution in [0.5, 0.6) is 0 Å². The van der Waals surface area contributed by atoms with Crippen molar-refractivity contribution in [1.29, 1.82) is 0 Å². The summed E-state index contributed by atoms with van der Waals surface area (Å²) in [5.41, 5.74) is 1.92. The number of likely N-dealkylation sites (tertiary alicyclic amines) is 1. The van der Waals surface area contributed by atoms with Crippen molar-refractivity contribution in [3.8, 4) is 0 Å². The van der Waals surface area contributed by atoms with Gasteiger partial charge in [0, 0.05) is 31.7 Å². The lowest BCUT2D eigenvalue weighted by molar-refractivity contribution is -0.139. The molecular formula is C25H32F3NO3. The van der Waals surface area contributed by atoms with Crippen LogP contribution >= 0.6 is 0 Å². The Morgan fingerprint density at radius 1 is 1.19 bits per heavy atom. The molecule has 176 valence electrons. The minimum absolute atomic E-state index is 0.00512. The molecule has 0 aromatic heterocycles. The Kier molecular flexibility index (Phi) is 7.83. The van der Waals surface area contributed by atoms with E-state index in [1.165, 1.54) is 12.1 Å². The van der Waals surface area contributed by atoms with Crippen LogP contribution in [0.3, 0.4) is 0 Å². The van der Waals surface area contributed by atoms with Crippen molar-refractivity contribution in [3.63, 3.8) is 0 Å². The van der Waals surface area contributed by atoms with Crippen molar-refractivity contribution in [2.24, 2.45) is 11.8 Å². The summed E-state index contributed by atoms with van der Waals surface area (Å²) in [6.07, 6.45) is -1.26. The Morgan fingerprint density at radius 2 is 1.81 bits per heavy atom. The molecule has 2 aliphatic heterocycles. The first-order chi connectivity index (χ1) is 15.1. The van der Waals surface area contributed by atoms with E-state index in [0.717, 1.165) is 48.1 Å². The van der Waals surface area contributed by atoms with Gasteiger partial charge in [0.2, 0.25) is 0 Å². The largest absolute Gasteiger partial charge is 0.481 e. The van der Waals surface area contributed by atoms with Crippen LogP contribution in [0.2, 0.25) is 0 Å². The molecule has 1 aromatic carbocycles.